The normalized spacial score (nSPS) is 12.2. The molecule has 6 heteroatoms. The Morgan fingerprint density at radius 1 is 0.926 bits per heavy atom. The summed E-state index contributed by atoms with van der Waals surface area (Å²) >= 11 is 0. The van der Waals surface area contributed by atoms with Gasteiger partial charge in [-0.1, -0.05) is 53.7 Å². The second-order valence-corrected chi connectivity index (χ2v) is 9.26. The summed E-state index contributed by atoms with van der Waals surface area (Å²) in [5, 5.41) is 3.96. The first-order chi connectivity index (χ1) is 12.6. The second kappa shape index (κ2) is 6.85. The minimum Gasteiger partial charge on any atom is -0.337 e. The number of benzene rings is 2. The molecule has 0 saturated carbocycles. The van der Waals surface area contributed by atoms with Gasteiger partial charge in [0.15, 0.2) is 0 Å². The number of aromatic nitrogens is 1. The van der Waals surface area contributed by atoms with Gasteiger partial charge in [-0.05, 0) is 46.2 Å². The summed E-state index contributed by atoms with van der Waals surface area (Å²) in [6.45, 7) is 9.14. The van der Waals surface area contributed by atoms with E-state index in [1.54, 1.807) is 19.1 Å². The molecule has 5 nitrogen and oxygen atoms in total. The Bertz CT molecular complexity index is 1050. The maximum absolute atomic E-state index is 13.8. The fourth-order valence-electron chi connectivity index (χ4n) is 3.01. The number of nitrogens with zero attached hydrogens (tertiary/aromatic N) is 2. The van der Waals surface area contributed by atoms with Crippen LogP contribution in [0.3, 0.4) is 0 Å². The third-order valence-electron chi connectivity index (χ3n) is 4.42. The van der Waals surface area contributed by atoms with E-state index in [9.17, 15) is 8.42 Å². The van der Waals surface area contributed by atoms with Crippen molar-refractivity contribution in [3.63, 3.8) is 0 Å². The van der Waals surface area contributed by atoms with Crippen molar-refractivity contribution >= 4 is 15.9 Å². The Labute approximate surface area is 160 Å². The highest BCUT2D eigenvalue weighted by Crippen LogP contribution is 2.37. The van der Waals surface area contributed by atoms with Gasteiger partial charge in [0.1, 0.15) is 0 Å². The summed E-state index contributed by atoms with van der Waals surface area (Å²) in [7, 11) is -3.90. The fourth-order valence-corrected chi connectivity index (χ4v) is 5.03. The molecule has 1 heterocycles. The molecule has 0 atom stereocenters. The molecule has 0 fully saturated rings. The van der Waals surface area contributed by atoms with Crippen LogP contribution in [-0.2, 0) is 10.0 Å². The van der Waals surface area contributed by atoms with Gasteiger partial charge in [0.25, 0.3) is 10.0 Å². The third kappa shape index (κ3) is 3.49. The lowest BCUT2D eigenvalue weighted by atomic mass is 10.1. The third-order valence-corrected chi connectivity index (χ3v) is 6.52. The van der Waals surface area contributed by atoms with Gasteiger partial charge in [-0.25, -0.2) is 12.7 Å². The molecule has 0 aliphatic rings. The van der Waals surface area contributed by atoms with E-state index in [0.717, 1.165) is 5.56 Å². The van der Waals surface area contributed by atoms with Crippen LogP contribution in [0.25, 0.3) is 11.1 Å². The second-order valence-electron chi connectivity index (χ2n) is 7.50. The van der Waals surface area contributed by atoms with Crippen molar-refractivity contribution in [1.82, 2.24) is 5.16 Å². The minimum atomic E-state index is -3.90. The summed E-state index contributed by atoms with van der Waals surface area (Å²) in [6, 6.07) is 16.5. The highest BCUT2D eigenvalue weighted by molar-refractivity contribution is 7.93. The summed E-state index contributed by atoms with van der Waals surface area (Å²) < 4.78 is 34.3. The van der Waals surface area contributed by atoms with Crippen molar-refractivity contribution in [2.24, 2.45) is 0 Å². The largest absolute Gasteiger partial charge is 0.337 e. The first kappa shape index (κ1) is 19.2. The van der Waals surface area contributed by atoms with Crippen molar-refractivity contribution in [1.29, 1.82) is 0 Å². The molecule has 0 spiro atoms. The van der Waals surface area contributed by atoms with Gasteiger partial charge in [0.2, 0.25) is 5.88 Å². The highest BCUT2D eigenvalue weighted by Gasteiger charge is 2.39. The quantitative estimate of drug-likeness (QED) is 0.638. The number of aryl methyl sites for hydroxylation is 1. The van der Waals surface area contributed by atoms with E-state index in [4.69, 9.17) is 4.52 Å². The Hall–Kier alpha value is -2.60. The predicted octanol–water partition coefficient (Wildman–Crippen LogP) is 4.95. The van der Waals surface area contributed by atoms with Crippen LogP contribution < -0.4 is 4.31 Å². The Balaban J connectivity index is 2.25. The molecule has 0 unspecified atom stereocenters. The molecular weight excluding hydrogens is 360 g/mol. The summed E-state index contributed by atoms with van der Waals surface area (Å²) in [6.07, 6.45) is 0. The maximum atomic E-state index is 13.8. The molecule has 27 heavy (non-hydrogen) atoms. The molecule has 0 N–H and O–H groups in total. The van der Waals surface area contributed by atoms with Crippen LogP contribution in [0, 0.1) is 13.8 Å². The van der Waals surface area contributed by atoms with Gasteiger partial charge >= 0.3 is 0 Å². The van der Waals surface area contributed by atoms with E-state index in [-0.39, 0.29) is 10.8 Å². The van der Waals surface area contributed by atoms with Crippen LogP contribution in [0.5, 0.6) is 0 Å². The highest BCUT2D eigenvalue weighted by atomic mass is 32.2. The number of hydrogen-bond donors (Lipinski definition) is 0. The van der Waals surface area contributed by atoms with Crippen molar-refractivity contribution in [3.05, 3.63) is 65.9 Å². The SMILES string of the molecule is Cc1noc(N(C(C)(C)C)S(=O)(=O)c2ccccc2-c2ccccc2)c1C. The monoisotopic (exact) mass is 384 g/mol. The van der Waals surface area contributed by atoms with Gasteiger partial charge in [-0.2, -0.15) is 0 Å². The number of sulfonamides is 1. The first-order valence-electron chi connectivity index (χ1n) is 8.77. The minimum absolute atomic E-state index is 0.236. The average molecular weight is 385 g/mol. The van der Waals surface area contributed by atoms with Crippen LogP contribution in [-0.4, -0.2) is 19.1 Å². The zero-order chi connectivity index (χ0) is 19.8. The first-order valence-corrected chi connectivity index (χ1v) is 10.2. The summed E-state index contributed by atoms with van der Waals surface area (Å²) in [5.41, 5.74) is 2.15. The molecule has 0 saturated heterocycles. The lowest BCUT2D eigenvalue weighted by Crippen LogP contribution is -2.46. The van der Waals surface area contributed by atoms with Gasteiger partial charge in [0.05, 0.1) is 16.1 Å². The smallest absolute Gasteiger partial charge is 0.267 e. The molecule has 1 aromatic heterocycles. The number of rotatable bonds is 4. The number of anilines is 1. The van der Waals surface area contributed by atoms with Gasteiger partial charge in [0, 0.05) is 11.1 Å². The van der Waals surface area contributed by atoms with Crippen molar-refractivity contribution < 1.29 is 12.9 Å². The Morgan fingerprint density at radius 3 is 2.07 bits per heavy atom. The average Bonchev–Trinajstić information content (AvgIpc) is 2.93. The molecule has 3 aromatic rings. The molecule has 2 aromatic carbocycles. The lowest BCUT2D eigenvalue weighted by Gasteiger charge is -2.34. The van der Waals surface area contributed by atoms with Gasteiger partial charge < -0.3 is 4.52 Å². The van der Waals surface area contributed by atoms with Gasteiger partial charge in [-0.15, -0.1) is 0 Å². The summed E-state index contributed by atoms with van der Waals surface area (Å²) in [5.74, 6) is 0.253. The van der Waals surface area contributed by atoms with Crippen LogP contribution in [0.1, 0.15) is 32.0 Å². The molecule has 142 valence electrons. The molecule has 0 radical (unpaired) electrons. The van der Waals surface area contributed by atoms with Crippen LogP contribution in [0.4, 0.5) is 5.88 Å². The zero-order valence-corrected chi connectivity index (χ0v) is 17.0. The fraction of sp³-hybridized carbons (Fsp3) is 0.286. The van der Waals surface area contributed by atoms with E-state index < -0.39 is 15.6 Å². The van der Waals surface area contributed by atoms with Crippen molar-refractivity contribution in [2.45, 2.75) is 45.1 Å². The van der Waals surface area contributed by atoms with Gasteiger partial charge in [-0.3, -0.25) is 0 Å². The van der Waals surface area contributed by atoms with E-state index in [0.29, 0.717) is 16.8 Å². The maximum Gasteiger partial charge on any atom is 0.267 e. The molecule has 0 aliphatic carbocycles. The topological polar surface area (TPSA) is 63.4 Å². The van der Waals surface area contributed by atoms with Crippen molar-refractivity contribution in [3.8, 4) is 11.1 Å². The lowest BCUT2D eigenvalue weighted by molar-refractivity contribution is 0.400. The molecule has 0 aliphatic heterocycles. The molecule has 3 rings (SSSR count). The zero-order valence-electron chi connectivity index (χ0n) is 16.2. The molecular formula is C21H24N2O3S. The van der Waals surface area contributed by atoms with Crippen molar-refractivity contribution in [2.75, 3.05) is 4.31 Å². The predicted molar refractivity (Wildman–Crippen MR) is 107 cm³/mol. The van der Waals surface area contributed by atoms with Crippen LogP contribution in [0.15, 0.2) is 64.0 Å². The Morgan fingerprint density at radius 2 is 1.52 bits per heavy atom. The van der Waals surface area contributed by atoms with E-state index >= 15 is 0 Å². The van der Waals surface area contributed by atoms with Crippen LogP contribution >= 0.6 is 0 Å². The summed E-state index contributed by atoms with van der Waals surface area (Å²) in [4.78, 5) is 0.236. The molecule has 0 amide bonds. The molecule has 0 bridgehead atoms. The standard InChI is InChI=1S/C21H24N2O3S/c1-15-16(2)22-26-20(15)23(21(3,4)5)27(24,25)19-14-10-9-13-18(19)17-11-7-6-8-12-17/h6-14H,1-5H3. The number of hydrogen-bond acceptors (Lipinski definition) is 4. The van der Waals surface area contributed by atoms with E-state index in [2.05, 4.69) is 5.16 Å². The van der Waals surface area contributed by atoms with E-state index in [1.807, 2.05) is 70.2 Å². The van der Waals surface area contributed by atoms with Crippen LogP contribution in [0.2, 0.25) is 0 Å². The Kier molecular flexibility index (Phi) is 4.86. The van der Waals surface area contributed by atoms with E-state index in [1.165, 1.54) is 4.31 Å².